The first kappa shape index (κ1) is 26.8. The molecule has 3 aromatic rings. The Kier molecular flexibility index (Phi) is 7.65. The van der Waals surface area contributed by atoms with Crippen molar-refractivity contribution < 1.29 is 35.1 Å². The van der Waals surface area contributed by atoms with E-state index in [9.17, 15) is 30.6 Å². The van der Waals surface area contributed by atoms with Gasteiger partial charge in [-0.05, 0) is 36.8 Å². The number of aromatic nitrogens is 1. The molecule has 1 N–H and O–H groups in total. The third-order valence-electron chi connectivity index (χ3n) is 5.01. The minimum atomic E-state index is -4.39. The molecule has 192 valence electrons. The number of nitrogens with zero attached hydrogens (tertiary/aromatic N) is 2. The van der Waals surface area contributed by atoms with Gasteiger partial charge < -0.3 is 9.45 Å². The molecule has 1 aromatic heterocycles. The smallest absolute Gasteiger partial charge is 0.299 e. The van der Waals surface area contributed by atoms with E-state index >= 15 is 0 Å². The fraction of sp³-hybridized carbons (Fsp3) is 0.238. The van der Waals surface area contributed by atoms with Gasteiger partial charge in [0.05, 0.1) is 33.2 Å². The van der Waals surface area contributed by atoms with Crippen molar-refractivity contribution in [1.82, 2.24) is 4.72 Å². The molecule has 4 rings (SSSR count). The number of amides is 1. The van der Waals surface area contributed by atoms with Gasteiger partial charge in [-0.25, -0.2) is 25.9 Å². The first-order chi connectivity index (χ1) is 16.8. The van der Waals surface area contributed by atoms with Crippen molar-refractivity contribution in [1.29, 1.82) is 0 Å². The zero-order valence-corrected chi connectivity index (χ0v) is 22.6. The molecule has 36 heavy (non-hydrogen) atoms. The van der Waals surface area contributed by atoms with Gasteiger partial charge in [0.1, 0.15) is 10.5 Å². The molecule has 2 heterocycles. The first-order valence-electron chi connectivity index (χ1n) is 10.3. The fourth-order valence-electron chi connectivity index (χ4n) is 3.64. The third kappa shape index (κ3) is 6.55. The molecule has 0 atom stereocenters. The Morgan fingerprint density at radius 3 is 2.67 bits per heavy atom. The van der Waals surface area contributed by atoms with Crippen LogP contribution in [0.1, 0.15) is 11.4 Å². The predicted molar refractivity (Wildman–Crippen MR) is 137 cm³/mol. The van der Waals surface area contributed by atoms with Gasteiger partial charge in [0.15, 0.2) is 0 Å². The van der Waals surface area contributed by atoms with Crippen LogP contribution in [0.2, 0.25) is 5.02 Å². The number of halogens is 2. The van der Waals surface area contributed by atoms with Crippen LogP contribution in [0.15, 0.2) is 46.3 Å². The topological polar surface area (TPSA) is 128 Å². The van der Waals surface area contributed by atoms with Gasteiger partial charge in [-0.1, -0.05) is 34.7 Å². The van der Waals surface area contributed by atoms with Crippen molar-refractivity contribution in [2.24, 2.45) is 0 Å². The molecule has 0 aliphatic carbocycles. The molecule has 0 bridgehead atoms. The van der Waals surface area contributed by atoms with Gasteiger partial charge in [0, 0.05) is 28.3 Å². The summed E-state index contributed by atoms with van der Waals surface area (Å²) in [6.07, 6.45) is 2.69. The summed E-state index contributed by atoms with van der Waals surface area (Å²) in [5.74, 6) is -1.85. The number of thiazole rings is 1. The first-order valence-corrected chi connectivity index (χ1v) is 15.8. The minimum Gasteiger partial charge on any atom is -0.748 e. The van der Waals surface area contributed by atoms with Gasteiger partial charge in [0.25, 0.3) is 10.9 Å². The summed E-state index contributed by atoms with van der Waals surface area (Å²) in [7, 11) is -8.19. The maximum absolute atomic E-state index is 14.0. The average Bonchev–Trinajstić information content (AvgIpc) is 3.24. The standard InChI is InChI=1S/C21H19ClFN3O6S4/c1-35(28,29)24-19(27)12-26-16-10-14(23)4-6-18(16)34-21(26)11-20-25(7-2-8-36(30,31)32)15-9-13(22)3-5-17(15)33-20/h3-6,9-11H,2,7-8,12H2,1H3,(H-,24,27,30,31,32). The van der Waals surface area contributed by atoms with E-state index in [0.717, 1.165) is 16.8 Å². The number of carbonyl (C=O) groups excluding carboxylic acids is 1. The van der Waals surface area contributed by atoms with Crippen LogP contribution in [0.25, 0.3) is 16.3 Å². The number of thioether (sulfide) groups is 1. The lowest BCUT2D eigenvalue weighted by Crippen LogP contribution is -2.45. The second kappa shape index (κ2) is 10.3. The lowest BCUT2D eigenvalue weighted by molar-refractivity contribution is -0.655. The number of nitrogens with one attached hydrogen (secondary N) is 1. The summed E-state index contributed by atoms with van der Waals surface area (Å²) in [6, 6.07) is 9.37. The molecule has 1 aliphatic heterocycles. The number of anilines is 1. The Bertz CT molecular complexity index is 1610. The van der Waals surface area contributed by atoms with Gasteiger partial charge in [-0.2, -0.15) is 4.57 Å². The number of hydrogen-bond donors (Lipinski definition) is 1. The van der Waals surface area contributed by atoms with Crippen LogP contribution in [-0.4, -0.2) is 45.8 Å². The van der Waals surface area contributed by atoms with Crippen LogP contribution < -0.4 is 14.2 Å². The summed E-state index contributed by atoms with van der Waals surface area (Å²) in [6.45, 7) is -0.171. The fourth-order valence-corrected chi connectivity index (χ4v) is 7.03. The summed E-state index contributed by atoms with van der Waals surface area (Å²) >= 11 is 8.82. The van der Waals surface area contributed by atoms with Crippen molar-refractivity contribution in [2.45, 2.75) is 17.9 Å². The highest BCUT2D eigenvalue weighted by atomic mass is 35.5. The Hall–Kier alpha value is -2.23. The van der Waals surface area contributed by atoms with Crippen LogP contribution in [0, 0.1) is 5.82 Å². The number of benzene rings is 2. The van der Waals surface area contributed by atoms with E-state index in [1.807, 2.05) is 15.7 Å². The number of fused-ring (bicyclic) bond motifs is 2. The molecule has 0 radical (unpaired) electrons. The predicted octanol–water partition coefficient (Wildman–Crippen LogP) is 2.90. The van der Waals surface area contributed by atoms with Crippen molar-refractivity contribution in [2.75, 3.05) is 23.5 Å². The van der Waals surface area contributed by atoms with Gasteiger partial charge in [-0.3, -0.25) is 4.79 Å². The van der Waals surface area contributed by atoms with Crippen LogP contribution in [0.4, 0.5) is 10.1 Å². The van der Waals surface area contributed by atoms with Crippen LogP contribution in [0.5, 0.6) is 0 Å². The highest BCUT2D eigenvalue weighted by Crippen LogP contribution is 2.47. The Morgan fingerprint density at radius 1 is 1.22 bits per heavy atom. The number of sulfonamides is 1. The molecule has 9 nitrogen and oxygen atoms in total. The van der Waals surface area contributed by atoms with E-state index in [-0.39, 0.29) is 19.5 Å². The largest absolute Gasteiger partial charge is 0.748 e. The highest BCUT2D eigenvalue weighted by Gasteiger charge is 2.29. The summed E-state index contributed by atoms with van der Waals surface area (Å²) in [5, 5.41) is 1.67. The Balaban J connectivity index is 1.77. The maximum atomic E-state index is 14.0. The molecular formula is C21H19ClFN3O6S4. The van der Waals surface area contributed by atoms with Crippen molar-refractivity contribution >= 4 is 82.7 Å². The van der Waals surface area contributed by atoms with Crippen LogP contribution in [-0.2, 0) is 31.5 Å². The Labute approximate surface area is 220 Å². The van der Waals surface area contributed by atoms with Gasteiger partial charge in [-0.15, -0.1) is 0 Å². The SMILES string of the molecule is CS(=O)(=O)NC(=O)C[n+]1c(C=C2Sc3ccc(Cl)cc3N2CCCS(=O)(=O)[O-])sc2ccc(F)cc21. The Morgan fingerprint density at radius 2 is 1.97 bits per heavy atom. The van der Waals surface area contributed by atoms with E-state index in [1.165, 1.54) is 39.8 Å². The molecule has 2 aromatic carbocycles. The highest BCUT2D eigenvalue weighted by molar-refractivity contribution is 8.04. The quantitative estimate of drug-likeness (QED) is 0.313. The molecular weight excluding hydrogens is 573 g/mol. The number of hydrogen-bond acceptors (Lipinski definition) is 9. The molecule has 1 amide bonds. The van der Waals surface area contributed by atoms with Gasteiger partial charge >= 0.3 is 0 Å². The summed E-state index contributed by atoms with van der Waals surface area (Å²) in [5.41, 5.74) is 1.14. The molecule has 0 saturated carbocycles. The van der Waals surface area contributed by atoms with Crippen LogP contribution >= 0.6 is 34.7 Å². The monoisotopic (exact) mass is 591 g/mol. The molecule has 0 spiro atoms. The number of rotatable bonds is 8. The second-order valence-electron chi connectivity index (χ2n) is 7.90. The zero-order valence-electron chi connectivity index (χ0n) is 18.6. The van der Waals surface area contributed by atoms with Crippen molar-refractivity contribution in [3.63, 3.8) is 0 Å². The zero-order chi connectivity index (χ0) is 26.3. The van der Waals surface area contributed by atoms with Gasteiger partial charge in [0.2, 0.25) is 22.1 Å². The summed E-state index contributed by atoms with van der Waals surface area (Å²) in [4.78, 5) is 15.1. The van der Waals surface area contributed by atoms with E-state index in [2.05, 4.69) is 0 Å². The second-order valence-corrected chi connectivity index (χ2v) is 13.7. The van der Waals surface area contributed by atoms with E-state index < -0.39 is 37.6 Å². The van der Waals surface area contributed by atoms with E-state index in [0.29, 0.717) is 25.3 Å². The normalized spacial score (nSPS) is 15.0. The van der Waals surface area contributed by atoms with E-state index in [4.69, 9.17) is 11.6 Å². The summed E-state index contributed by atoms with van der Waals surface area (Å²) < 4.78 is 74.5. The maximum Gasteiger partial charge on any atom is 0.299 e. The van der Waals surface area contributed by atoms with Crippen molar-refractivity contribution in [3.8, 4) is 0 Å². The molecule has 15 heteroatoms. The lowest BCUT2D eigenvalue weighted by Gasteiger charge is -2.20. The number of carbonyl (C=O) groups is 1. The molecule has 0 saturated heterocycles. The van der Waals surface area contributed by atoms with Crippen molar-refractivity contribution in [3.05, 3.63) is 57.3 Å². The van der Waals surface area contributed by atoms with Crippen LogP contribution in [0.3, 0.4) is 0 Å². The van der Waals surface area contributed by atoms with E-state index in [1.54, 1.807) is 24.3 Å². The lowest BCUT2D eigenvalue weighted by atomic mass is 10.2. The average molecular weight is 592 g/mol. The molecule has 0 fully saturated rings. The molecule has 1 aliphatic rings. The third-order valence-corrected chi connectivity index (χ3v) is 8.86. The molecule has 0 unspecified atom stereocenters. The minimum absolute atomic E-state index is 0.0735.